The number of nitrogens with one attached hydrogen (secondary N) is 1. The van der Waals surface area contributed by atoms with Crippen LogP contribution in [0.25, 0.3) is 11.0 Å². The third kappa shape index (κ3) is 5.62. The molecule has 0 spiro atoms. The maximum atomic E-state index is 12.6. The lowest BCUT2D eigenvalue weighted by molar-refractivity contribution is 0.0949. The highest BCUT2D eigenvalue weighted by molar-refractivity contribution is 6.30. The second-order valence-electron chi connectivity index (χ2n) is 7.66. The first kappa shape index (κ1) is 22.6. The van der Waals surface area contributed by atoms with E-state index in [9.17, 15) is 4.79 Å². The van der Waals surface area contributed by atoms with Crippen LogP contribution in [0.15, 0.2) is 85.5 Å². The lowest BCUT2D eigenvalue weighted by atomic mass is 10.1. The van der Waals surface area contributed by atoms with Crippen LogP contribution in [0.5, 0.6) is 5.75 Å². The molecule has 0 fully saturated rings. The summed E-state index contributed by atoms with van der Waals surface area (Å²) in [6, 6.07) is 22.9. The first-order chi connectivity index (χ1) is 16.2. The van der Waals surface area contributed by atoms with Gasteiger partial charge in [-0.25, -0.2) is 4.98 Å². The van der Waals surface area contributed by atoms with E-state index in [0.29, 0.717) is 23.7 Å². The number of aryl methyl sites for hydroxylation is 1. The molecule has 4 rings (SSSR count). The number of imidazole rings is 1. The van der Waals surface area contributed by atoms with Crippen molar-refractivity contribution in [2.45, 2.75) is 25.9 Å². The number of carbonyl (C=O) groups is 1. The van der Waals surface area contributed by atoms with Crippen LogP contribution in [0.3, 0.4) is 0 Å². The minimum Gasteiger partial charge on any atom is -0.493 e. The van der Waals surface area contributed by atoms with Crippen LogP contribution >= 0.6 is 11.6 Å². The summed E-state index contributed by atoms with van der Waals surface area (Å²) in [6.45, 7) is 5.45. The zero-order valence-corrected chi connectivity index (χ0v) is 19.1. The molecule has 0 saturated carbocycles. The summed E-state index contributed by atoms with van der Waals surface area (Å²) in [5.74, 6) is 1.51. The van der Waals surface area contributed by atoms with E-state index in [4.69, 9.17) is 21.3 Å². The highest BCUT2D eigenvalue weighted by Crippen LogP contribution is 2.20. The Bertz CT molecular complexity index is 1270. The Kier molecular flexibility index (Phi) is 7.43. The highest BCUT2D eigenvalue weighted by atomic mass is 35.5. The highest BCUT2D eigenvalue weighted by Gasteiger charge is 2.13. The molecular weight excluding hydrogens is 434 g/mol. The van der Waals surface area contributed by atoms with E-state index in [1.165, 1.54) is 0 Å². The summed E-state index contributed by atoms with van der Waals surface area (Å²) < 4.78 is 8.19. The fourth-order valence-electron chi connectivity index (χ4n) is 3.77. The Hall–Kier alpha value is -3.57. The van der Waals surface area contributed by atoms with Gasteiger partial charge in [0.15, 0.2) is 0 Å². The lowest BCUT2D eigenvalue weighted by Gasteiger charge is -2.13. The Morgan fingerprint density at radius 2 is 1.91 bits per heavy atom. The fourth-order valence-corrected chi connectivity index (χ4v) is 3.96. The van der Waals surface area contributed by atoms with Gasteiger partial charge in [0.25, 0.3) is 5.91 Å². The van der Waals surface area contributed by atoms with Crippen molar-refractivity contribution in [2.24, 2.45) is 0 Å². The van der Waals surface area contributed by atoms with Crippen molar-refractivity contribution in [3.8, 4) is 5.75 Å². The number of hydrogen-bond donors (Lipinski definition) is 1. The van der Waals surface area contributed by atoms with Gasteiger partial charge in [0.05, 0.1) is 24.2 Å². The number of amides is 1. The predicted molar refractivity (Wildman–Crippen MR) is 133 cm³/mol. The number of carbonyl (C=O) groups excluding carboxylic acids is 1. The van der Waals surface area contributed by atoms with E-state index in [1.807, 2.05) is 48.5 Å². The number of allylic oxidation sites excluding steroid dienone is 1. The van der Waals surface area contributed by atoms with Crippen LogP contribution in [0.2, 0.25) is 5.02 Å². The van der Waals surface area contributed by atoms with Crippen molar-refractivity contribution in [3.63, 3.8) is 0 Å². The number of hydrogen-bond acceptors (Lipinski definition) is 3. The second-order valence-corrected chi connectivity index (χ2v) is 8.10. The number of fused-ring (bicyclic) bond motifs is 1. The first-order valence-corrected chi connectivity index (χ1v) is 11.3. The third-order valence-corrected chi connectivity index (χ3v) is 5.58. The quantitative estimate of drug-likeness (QED) is 0.240. The first-order valence-electron chi connectivity index (χ1n) is 10.9. The van der Waals surface area contributed by atoms with Crippen molar-refractivity contribution in [1.82, 2.24) is 14.9 Å². The molecular formula is C27H26ClN3O2. The number of benzene rings is 3. The molecule has 1 aromatic heterocycles. The van der Waals surface area contributed by atoms with Gasteiger partial charge in [-0.15, -0.1) is 6.58 Å². The molecule has 3 aromatic carbocycles. The SMILES string of the molecule is C=CCc1ccccc1OCCCn1c(CNC(=O)c2cccc(Cl)c2)nc2ccccc21. The van der Waals surface area contributed by atoms with Gasteiger partial charge in [-0.3, -0.25) is 4.79 Å². The third-order valence-electron chi connectivity index (χ3n) is 5.35. The number of nitrogens with zero attached hydrogens (tertiary/aromatic N) is 2. The van der Waals surface area contributed by atoms with Crippen molar-refractivity contribution in [1.29, 1.82) is 0 Å². The number of para-hydroxylation sites is 3. The van der Waals surface area contributed by atoms with E-state index in [1.54, 1.807) is 24.3 Å². The molecule has 0 radical (unpaired) electrons. The zero-order valence-electron chi connectivity index (χ0n) is 18.3. The average molecular weight is 460 g/mol. The molecule has 0 atom stereocenters. The summed E-state index contributed by atoms with van der Waals surface area (Å²) in [5.41, 5.74) is 3.60. The number of aromatic nitrogens is 2. The van der Waals surface area contributed by atoms with Crippen molar-refractivity contribution < 1.29 is 9.53 Å². The molecule has 6 heteroatoms. The monoisotopic (exact) mass is 459 g/mol. The summed E-state index contributed by atoms with van der Waals surface area (Å²) in [4.78, 5) is 17.3. The van der Waals surface area contributed by atoms with Gasteiger partial charge in [-0.2, -0.15) is 0 Å². The topological polar surface area (TPSA) is 56.1 Å². The number of halogens is 1. The molecule has 5 nitrogen and oxygen atoms in total. The molecule has 1 amide bonds. The molecule has 0 bridgehead atoms. The Labute approximate surface area is 198 Å². The van der Waals surface area contributed by atoms with E-state index in [0.717, 1.165) is 47.6 Å². The van der Waals surface area contributed by atoms with Gasteiger partial charge in [0.2, 0.25) is 0 Å². The number of rotatable bonds is 10. The van der Waals surface area contributed by atoms with Crippen LogP contribution in [0.1, 0.15) is 28.2 Å². The molecule has 33 heavy (non-hydrogen) atoms. The lowest BCUT2D eigenvalue weighted by Crippen LogP contribution is -2.25. The Balaban J connectivity index is 1.43. The van der Waals surface area contributed by atoms with Gasteiger partial charge >= 0.3 is 0 Å². The van der Waals surface area contributed by atoms with Gasteiger partial charge < -0.3 is 14.6 Å². The van der Waals surface area contributed by atoms with Crippen molar-refractivity contribution in [2.75, 3.05) is 6.61 Å². The molecule has 1 heterocycles. The molecule has 0 aliphatic carbocycles. The van der Waals surface area contributed by atoms with Gasteiger partial charge in [-0.05, 0) is 54.8 Å². The minimum absolute atomic E-state index is 0.182. The fraction of sp³-hybridized carbons (Fsp3) is 0.185. The summed E-state index contributed by atoms with van der Waals surface area (Å²) >= 11 is 6.01. The normalized spacial score (nSPS) is 10.8. The van der Waals surface area contributed by atoms with Crippen molar-refractivity contribution in [3.05, 3.63) is 107 Å². The predicted octanol–water partition coefficient (Wildman–Crippen LogP) is 5.82. The van der Waals surface area contributed by atoms with Crippen LogP contribution in [0.4, 0.5) is 0 Å². The molecule has 0 saturated heterocycles. The van der Waals surface area contributed by atoms with E-state index >= 15 is 0 Å². The molecule has 168 valence electrons. The molecule has 1 N–H and O–H groups in total. The van der Waals surface area contributed by atoms with Crippen LogP contribution in [0, 0.1) is 0 Å². The summed E-state index contributed by atoms with van der Waals surface area (Å²) in [6.07, 6.45) is 3.46. The molecule has 0 unspecified atom stereocenters. The van der Waals surface area contributed by atoms with Crippen LogP contribution < -0.4 is 10.1 Å². The standard InChI is InChI=1S/C27H26ClN3O2/c1-2-9-20-10-3-6-15-25(20)33-17-8-16-31-24-14-5-4-13-23(24)30-26(31)19-29-27(32)21-11-7-12-22(28)18-21/h2-7,10-15,18H,1,8-9,16-17,19H2,(H,29,32). The van der Waals surface area contributed by atoms with Crippen LogP contribution in [-0.2, 0) is 19.5 Å². The Morgan fingerprint density at radius 3 is 2.76 bits per heavy atom. The largest absolute Gasteiger partial charge is 0.493 e. The minimum atomic E-state index is -0.182. The zero-order chi connectivity index (χ0) is 23.0. The molecule has 0 aliphatic rings. The maximum Gasteiger partial charge on any atom is 0.251 e. The van der Waals surface area contributed by atoms with E-state index in [-0.39, 0.29) is 5.91 Å². The van der Waals surface area contributed by atoms with Crippen LogP contribution in [-0.4, -0.2) is 22.1 Å². The van der Waals surface area contributed by atoms with Gasteiger partial charge in [0.1, 0.15) is 11.6 Å². The van der Waals surface area contributed by atoms with Gasteiger partial charge in [0, 0.05) is 17.1 Å². The van der Waals surface area contributed by atoms with E-state index < -0.39 is 0 Å². The smallest absolute Gasteiger partial charge is 0.251 e. The summed E-state index contributed by atoms with van der Waals surface area (Å²) in [7, 11) is 0. The number of ether oxygens (including phenoxy) is 1. The maximum absolute atomic E-state index is 12.6. The summed E-state index contributed by atoms with van der Waals surface area (Å²) in [5, 5.41) is 3.49. The molecule has 0 aliphatic heterocycles. The van der Waals surface area contributed by atoms with Gasteiger partial charge in [-0.1, -0.05) is 54.1 Å². The van der Waals surface area contributed by atoms with E-state index in [2.05, 4.69) is 22.5 Å². The molecule has 4 aromatic rings. The average Bonchev–Trinajstić information content (AvgIpc) is 3.19. The second kappa shape index (κ2) is 10.8. The van der Waals surface area contributed by atoms with Crippen molar-refractivity contribution >= 4 is 28.5 Å². The Morgan fingerprint density at radius 1 is 1.09 bits per heavy atom.